The number of aromatic nitrogens is 2. The summed E-state index contributed by atoms with van der Waals surface area (Å²) in [6.07, 6.45) is 5.30. The molecule has 1 saturated carbocycles. The average Bonchev–Trinajstić information content (AvgIpc) is 3.26. The third-order valence-electron chi connectivity index (χ3n) is 6.12. The van der Waals surface area contributed by atoms with Crippen LogP contribution in [0, 0.1) is 11.7 Å². The lowest BCUT2D eigenvalue weighted by atomic mass is 10.2. The molecule has 2 heterocycles. The number of amides is 2. The summed E-state index contributed by atoms with van der Waals surface area (Å²) >= 11 is 0. The van der Waals surface area contributed by atoms with Crippen LogP contribution in [0.15, 0.2) is 35.6 Å². The summed E-state index contributed by atoms with van der Waals surface area (Å²) in [6.45, 7) is 5.62. The van der Waals surface area contributed by atoms with Crippen molar-refractivity contribution < 1.29 is 22.3 Å². The van der Waals surface area contributed by atoms with Crippen LogP contribution in [0.1, 0.15) is 50.8 Å². The maximum atomic E-state index is 14.2. The lowest BCUT2D eigenvalue weighted by molar-refractivity contribution is 0.0934. The van der Waals surface area contributed by atoms with Crippen LogP contribution in [0.3, 0.4) is 0 Å². The molecule has 2 aromatic rings. The van der Waals surface area contributed by atoms with E-state index in [2.05, 4.69) is 10.3 Å². The summed E-state index contributed by atoms with van der Waals surface area (Å²) in [6, 6.07) is 5.66. The Morgan fingerprint density at radius 2 is 2.06 bits per heavy atom. The van der Waals surface area contributed by atoms with Crippen molar-refractivity contribution in [1.29, 1.82) is 0 Å². The topological polar surface area (TPSA) is 93.5 Å². The van der Waals surface area contributed by atoms with Gasteiger partial charge < -0.3 is 19.5 Å². The SMILES string of the molecule is CC(C)NC(=O)N(Cc1cnc(S(=O)(=O)Cc2ccccc2F)n1CC1CCCO1)CC1CC1. The Balaban J connectivity index is 1.64. The highest BCUT2D eigenvalue weighted by Gasteiger charge is 2.31. The molecule has 1 N–H and O–H groups in total. The molecule has 186 valence electrons. The van der Waals surface area contributed by atoms with Gasteiger partial charge in [0.05, 0.1) is 36.8 Å². The summed E-state index contributed by atoms with van der Waals surface area (Å²) in [4.78, 5) is 18.9. The van der Waals surface area contributed by atoms with Gasteiger partial charge >= 0.3 is 6.03 Å². The number of imidazole rings is 1. The van der Waals surface area contributed by atoms with Crippen molar-refractivity contribution in [2.24, 2.45) is 5.92 Å². The van der Waals surface area contributed by atoms with E-state index in [0.717, 1.165) is 25.7 Å². The Bertz CT molecular complexity index is 1110. The molecule has 2 fully saturated rings. The van der Waals surface area contributed by atoms with Gasteiger partial charge in [-0.05, 0) is 51.5 Å². The van der Waals surface area contributed by atoms with Crippen LogP contribution in [0.5, 0.6) is 0 Å². The molecule has 2 amide bonds. The largest absolute Gasteiger partial charge is 0.376 e. The van der Waals surface area contributed by atoms with Gasteiger partial charge in [0.25, 0.3) is 0 Å². The third-order valence-corrected chi connectivity index (χ3v) is 7.69. The van der Waals surface area contributed by atoms with Crippen molar-refractivity contribution in [3.63, 3.8) is 0 Å². The molecule has 4 rings (SSSR count). The molecule has 1 aliphatic carbocycles. The number of carbonyl (C=O) groups is 1. The summed E-state index contributed by atoms with van der Waals surface area (Å²) in [5.41, 5.74) is 0.726. The van der Waals surface area contributed by atoms with Gasteiger partial charge in [0.1, 0.15) is 5.82 Å². The molecule has 2 aliphatic rings. The number of halogens is 1. The van der Waals surface area contributed by atoms with E-state index in [0.29, 0.717) is 31.3 Å². The van der Waals surface area contributed by atoms with Gasteiger partial charge in [-0.25, -0.2) is 22.6 Å². The van der Waals surface area contributed by atoms with E-state index in [1.807, 2.05) is 13.8 Å². The number of ether oxygens (including phenoxy) is 1. The van der Waals surface area contributed by atoms with Crippen LogP contribution in [0.4, 0.5) is 9.18 Å². The second kappa shape index (κ2) is 10.4. The van der Waals surface area contributed by atoms with E-state index in [1.165, 1.54) is 24.4 Å². The third kappa shape index (κ3) is 6.15. The second-order valence-electron chi connectivity index (χ2n) is 9.56. The fourth-order valence-corrected chi connectivity index (χ4v) is 5.72. The lowest BCUT2D eigenvalue weighted by Crippen LogP contribution is -2.43. The highest BCUT2D eigenvalue weighted by atomic mass is 32.2. The first-order valence-corrected chi connectivity index (χ1v) is 13.6. The molecular formula is C24H33FN4O4S. The van der Waals surface area contributed by atoms with Gasteiger partial charge in [0.2, 0.25) is 15.0 Å². The minimum atomic E-state index is -3.94. The zero-order valence-corrected chi connectivity index (χ0v) is 20.6. The molecule has 1 aromatic heterocycles. The number of nitrogens with zero attached hydrogens (tertiary/aromatic N) is 3. The van der Waals surface area contributed by atoms with E-state index < -0.39 is 21.4 Å². The smallest absolute Gasteiger partial charge is 0.317 e. The van der Waals surface area contributed by atoms with E-state index in [4.69, 9.17) is 4.74 Å². The lowest BCUT2D eigenvalue weighted by Gasteiger charge is -2.25. The number of rotatable bonds is 10. The maximum Gasteiger partial charge on any atom is 0.317 e. The minimum Gasteiger partial charge on any atom is -0.376 e. The predicted molar refractivity (Wildman–Crippen MR) is 125 cm³/mol. The van der Waals surface area contributed by atoms with E-state index in [-0.39, 0.29) is 35.4 Å². The number of nitrogens with one attached hydrogen (secondary N) is 1. The summed E-state index contributed by atoms with van der Waals surface area (Å²) in [5, 5.41) is 2.82. The number of carbonyl (C=O) groups excluding carboxylic acids is 1. The fraction of sp³-hybridized carbons (Fsp3) is 0.583. The van der Waals surface area contributed by atoms with Crippen molar-refractivity contribution in [3.05, 3.63) is 47.5 Å². The van der Waals surface area contributed by atoms with Gasteiger partial charge in [0.15, 0.2) is 0 Å². The monoisotopic (exact) mass is 492 g/mol. The second-order valence-corrected chi connectivity index (χ2v) is 11.4. The van der Waals surface area contributed by atoms with Crippen molar-refractivity contribution in [1.82, 2.24) is 19.8 Å². The van der Waals surface area contributed by atoms with Crippen LogP contribution >= 0.6 is 0 Å². The predicted octanol–water partition coefficient (Wildman–Crippen LogP) is 3.51. The van der Waals surface area contributed by atoms with E-state index in [1.54, 1.807) is 15.5 Å². The van der Waals surface area contributed by atoms with Crippen molar-refractivity contribution in [2.75, 3.05) is 13.2 Å². The molecule has 0 spiro atoms. The van der Waals surface area contributed by atoms with Crippen LogP contribution in [-0.2, 0) is 33.4 Å². The Morgan fingerprint density at radius 3 is 2.71 bits per heavy atom. The van der Waals surface area contributed by atoms with E-state index in [9.17, 15) is 17.6 Å². The number of hydrogen-bond acceptors (Lipinski definition) is 5. The molecule has 10 heteroatoms. The number of hydrogen-bond donors (Lipinski definition) is 1. The van der Waals surface area contributed by atoms with Crippen LogP contribution < -0.4 is 5.32 Å². The van der Waals surface area contributed by atoms with Gasteiger partial charge in [0, 0.05) is 24.8 Å². The summed E-state index contributed by atoms with van der Waals surface area (Å²) in [7, 11) is -3.94. The molecule has 0 radical (unpaired) electrons. The standard InChI is InChI=1S/C24H33FN4O4S/c1-17(2)27-23(30)28(13-18-9-10-18)14-20-12-26-24(29(20)15-21-7-5-11-33-21)34(31,32)16-19-6-3-4-8-22(19)25/h3-4,6,8,12,17-18,21H,5,7,9-11,13-16H2,1-2H3,(H,27,30). The summed E-state index contributed by atoms with van der Waals surface area (Å²) in [5.74, 6) is -0.581. The zero-order valence-electron chi connectivity index (χ0n) is 19.7. The van der Waals surface area contributed by atoms with Crippen molar-refractivity contribution in [2.45, 2.75) is 75.7 Å². The van der Waals surface area contributed by atoms with Crippen LogP contribution in [0.2, 0.25) is 0 Å². The molecule has 1 aromatic carbocycles. The molecule has 1 saturated heterocycles. The molecule has 1 atom stereocenters. The molecule has 1 unspecified atom stereocenters. The Labute approximate surface area is 200 Å². The fourth-order valence-electron chi connectivity index (χ4n) is 4.20. The first-order chi connectivity index (χ1) is 16.2. The number of benzene rings is 1. The number of urea groups is 1. The maximum absolute atomic E-state index is 14.2. The van der Waals surface area contributed by atoms with Crippen LogP contribution in [-0.4, -0.2) is 54.2 Å². The van der Waals surface area contributed by atoms with Gasteiger partial charge in [-0.2, -0.15) is 0 Å². The zero-order chi connectivity index (χ0) is 24.3. The molecule has 34 heavy (non-hydrogen) atoms. The molecule has 0 bridgehead atoms. The Kier molecular flexibility index (Phi) is 7.57. The normalized spacial score (nSPS) is 18.4. The highest BCUT2D eigenvalue weighted by molar-refractivity contribution is 7.90. The van der Waals surface area contributed by atoms with Gasteiger partial charge in [-0.3, -0.25) is 0 Å². The van der Waals surface area contributed by atoms with Gasteiger partial charge in [-0.1, -0.05) is 18.2 Å². The average molecular weight is 493 g/mol. The van der Waals surface area contributed by atoms with Crippen molar-refractivity contribution >= 4 is 15.9 Å². The highest BCUT2D eigenvalue weighted by Crippen LogP contribution is 2.31. The minimum absolute atomic E-state index is 0.0114. The Morgan fingerprint density at radius 1 is 1.29 bits per heavy atom. The molecule has 8 nitrogen and oxygen atoms in total. The number of sulfone groups is 1. The first-order valence-electron chi connectivity index (χ1n) is 11.9. The Hall–Kier alpha value is -2.46. The molecule has 1 aliphatic heterocycles. The van der Waals surface area contributed by atoms with Crippen molar-refractivity contribution in [3.8, 4) is 0 Å². The van der Waals surface area contributed by atoms with Gasteiger partial charge in [-0.15, -0.1) is 0 Å². The first kappa shape index (κ1) is 24.7. The van der Waals surface area contributed by atoms with E-state index >= 15 is 0 Å². The van der Waals surface area contributed by atoms with Crippen LogP contribution in [0.25, 0.3) is 0 Å². The summed E-state index contributed by atoms with van der Waals surface area (Å²) < 4.78 is 48.3. The molecular weight excluding hydrogens is 459 g/mol. The quantitative estimate of drug-likeness (QED) is 0.548.